The minimum atomic E-state index is -0.657. The Labute approximate surface area is 243 Å². The standard InChI is InChI=1S/C31H37F2N3O6/c1-18-4-8-21(32)15-26(18)35-31-34-25-13-7-20(28(33)29(25)42-31)14-27(37)36-22(16-39-2)9-10-23(36)17-41-24-11-5-19(6-12-24)30(38)40-3/h4,7-8,13,15,19,22-24H,5-6,9-12,14,16-17H2,1-3H3,(H,34,35)/t19?,22-,23+,24?/m1/s1. The van der Waals surface area contributed by atoms with Crippen molar-refractivity contribution in [2.45, 2.75) is 70.1 Å². The first-order valence-electron chi connectivity index (χ1n) is 14.4. The maximum Gasteiger partial charge on any atom is 0.308 e. The monoisotopic (exact) mass is 585 g/mol. The van der Waals surface area contributed by atoms with Gasteiger partial charge in [0.15, 0.2) is 11.4 Å². The first-order chi connectivity index (χ1) is 20.3. The van der Waals surface area contributed by atoms with Gasteiger partial charge >= 0.3 is 5.97 Å². The summed E-state index contributed by atoms with van der Waals surface area (Å²) in [7, 11) is 3.01. The van der Waals surface area contributed by atoms with Crippen LogP contribution in [0.4, 0.5) is 20.5 Å². The van der Waals surface area contributed by atoms with Crippen LogP contribution in [0.2, 0.25) is 0 Å². The second-order valence-corrected chi connectivity index (χ2v) is 11.1. The Morgan fingerprint density at radius 3 is 2.48 bits per heavy atom. The summed E-state index contributed by atoms with van der Waals surface area (Å²) in [5.74, 6) is -1.55. The summed E-state index contributed by atoms with van der Waals surface area (Å²) in [4.78, 5) is 31.5. The molecule has 2 aliphatic rings. The van der Waals surface area contributed by atoms with E-state index in [2.05, 4.69) is 10.3 Å². The summed E-state index contributed by atoms with van der Waals surface area (Å²) in [6.07, 6.45) is 4.36. The Hall–Kier alpha value is -3.57. The van der Waals surface area contributed by atoms with Crippen molar-refractivity contribution in [3.63, 3.8) is 0 Å². The summed E-state index contributed by atoms with van der Waals surface area (Å²) < 4.78 is 51.4. The number of hydrogen-bond acceptors (Lipinski definition) is 8. The van der Waals surface area contributed by atoms with E-state index >= 15 is 4.39 Å². The van der Waals surface area contributed by atoms with Crippen LogP contribution >= 0.6 is 0 Å². The van der Waals surface area contributed by atoms with E-state index < -0.39 is 11.6 Å². The predicted molar refractivity (Wildman–Crippen MR) is 151 cm³/mol. The maximum atomic E-state index is 15.6. The summed E-state index contributed by atoms with van der Waals surface area (Å²) in [6.45, 7) is 2.56. The van der Waals surface area contributed by atoms with E-state index in [1.165, 1.54) is 19.2 Å². The van der Waals surface area contributed by atoms with Gasteiger partial charge in [0.25, 0.3) is 6.01 Å². The normalized spacial score (nSPS) is 22.5. The average molecular weight is 586 g/mol. The summed E-state index contributed by atoms with van der Waals surface area (Å²) in [5, 5.41) is 2.90. The third-order valence-electron chi connectivity index (χ3n) is 8.36. The number of amides is 1. The van der Waals surface area contributed by atoms with Crippen molar-refractivity contribution in [3.8, 4) is 0 Å². The molecule has 42 heavy (non-hydrogen) atoms. The van der Waals surface area contributed by atoms with Gasteiger partial charge in [-0.05, 0) is 69.2 Å². The minimum absolute atomic E-state index is 0.0228. The summed E-state index contributed by atoms with van der Waals surface area (Å²) >= 11 is 0. The summed E-state index contributed by atoms with van der Waals surface area (Å²) in [6, 6.07) is 7.17. The van der Waals surface area contributed by atoms with Crippen molar-refractivity contribution in [2.24, 2.45) is 5.92 Å². The number of methoxy groups -OCH3 is 2. The Morgan fingerprint density at radius 1 is 1.02 bits per heavy atom. The number of rotatable bonds is 10. The smallest absolute Gasteiger partial charge is 0.308 e. The first-order valence-corrected chi connectivity index (χ1v) is 14.4. The van der Waals surface area contributed by atoms with Gasteiger partial charge in [0.05, 0.1) is 50.8 Å². The van der Waals surface area contributed by atoms with Crippen molar-refractivity contribution < 1.29 is 37.0 Å². The van der Waals surface area contributed by atoms with Gasteiger partial charge < -0.3 is 28.8 Å². The number of carbonyl (C=O) groups excluding carboxylic acids is 2. The molecular weight excluding hydrogens is 548 g/mol. The Bertz CT molecular complexity index is 1420. The molecule has 3 aromatic rings. The van der Waals surface area contributed by atoms with Gasteiger partial charge in [0.2, 0.25) is 5.91 Å². The molecule has 1 aliphatic heterocycles. The Morgan fingerprint density at radius 2 is 1.76 bits per heavy atom. The number of anilines is 2. The molecule has 2 atom stereocenters. The van der Waals surface area contributed by atoms with Gasteiger partial charge in [0, 0.05) is 18.4 Å². The SMILES string of the molecule is COC[C@H]1CC[C@@H](COC2CCC(C(=O)OC)CC2)N1C(=O)Cc1ccc2nc(Nc3cc(F)ccc3C)oc2c1F. The fourth-order valence-corrected chi connectivity index (χ4v) is 6.06. The molecule has 2 aromatic carbocycles. The molecule has 1 saturated heterocycles. The minimum Gasteiger partial charge on any atom is -0.469 e. The van der Waals surface area contributed by atoms with E-state index in [9.17, 15) is 14.0 Å². The molecule has 2 fully saturated rings. The first kappa shape index (κ1) is 29.9. The Balaban J connectivity index is 1.26. The van der Waals surface area contributed by atoms with Crippen molar-refractivity contribution in [1.29, 1.82) is 0 Å². The largest absolute Gasteiger partial charge is 0.469 e. The molecule has 0 unspecified atom stereocenters. The van der Waals surface area contributed by atoms with Crippen LogP contribution in [0.3, 0.4) is 0 Å². The summed E-state index contributed by atoms with van der Waals surface area (Å²) in [5.41, 5.74) is 1.64. The molecule has 1 saturated carbocycles. The highest BCUT2D eigenvalue weighted by atomic mass is 19.1. The number of benzene rings is 2. The van der Waals surface area contributed by atoms with E-state index in [0.717, 1.165) is 44.1 Å². The number of esters is 1. The van der Waals surface area contributed by atoms with Gasteiger partial charge in [-0.15, -0.1) is 0 Å². The molecular formula is C31H37F2N3O6. The van der Waals surface area contributed by atoms with Crippen molar-refractivity contribution >= 4 is 34.7 Å². The number of aryl methyl sites for hydroxylation is 1. The van der Waals surface area contributed by atoms with E-state index in [4.69, 9.17) is 18.6 Å². The zero-order chi connectivity index (χ0) is 29.8. The number of nitrogens with zero attached hydrogens (tertiary/aromatic N) is 2. The van der Waals surface area contributed by atoms with Crippen LogP contribution < -0.4 is 5.32 Å². The second kappa shape index (κ2) is 13.2. The predicted octanol–water partition coefficient (Wildman–Crippen LogP) is 5.45. The highest BCUT2D eigenvalue weighted by Crippen LogP contribution is 2.32. The molecule has 1 aliphatic carbocycles. The maximum absolute atomic E-state index is 15.6. The molecule has 2 heterocycles. The molecule has 226 valence electrons. The van der Waals surface area contributed by atoms with E-state index in [-0.39, 0.29) is 65.1 Å². The van der Waals surface area contributed by atoms with Gasteiger partial charge in [-0.2, -0.15) is 4.98 Å². The number of likely N-dealkylation sites (tertiary alicyclic amines) is 1. The molecule has 1 N–H and O–H groups in total. The van der Waals surface area contributed by atoms with Gasteiger partial charge in [-0.1, -0.05) is 12.1 Å². The number of fused-ring (bicyclic) bond motifs is 1. The lowest BCUT2D eigenvalue weighted by molar-refractivity contribution is -0.148. The number of nitrogens with one attached hydrogen (secondary N) is 1. The fraction of sp³-hybridized carbons (Fsp3) is 0.516. The van der Waals surface area contributed by atoms with Crippen LogP contribution in [0.5, 0.6) is 0 Å². The number of aromatic nitrogens is 1. The third kappa shape index (κ3) is 6.57. The quantitative estimate of drug-likeness (QED) is 0.313. The number of hydrogen-bond donors (Lipinski definition) is 1. The number of ether oxygens (including phenoxy) is 3. The van der Waals surface area contributed by atoms with Crippen LogP contribution in [0, 0.1) is 24.5 Å². The van der Waals surface area contributed by atoms with Crippen molar-refractivity contribution in [3.05, 3.63) is 53.1 Å². The lowest BCUT2D eigenvalue weighted by Gasteiger charge is -2.32. The van der Waals surface area contributed by atoms with E-state index in [1.54, 1.807) is 37.1 Å². The fourth-order valence-electron chi connectivity index (χ4n) is 6.06. The number of carbonyl (C=O) groups is 2. The van der Waals surface area contributed by atoms with Crippen LogP contribution in [0.25, 0.3) is 11.1 Å². The lowest BCUT2D eigenvalue weighted by atomic mass is 9.87. The van der Waals surface area contributed by atoms with Gasteiger partial charge in [-0.3, -0.25) is 9.59 Å². The number of oxazole rings is 1. The zero-order valence-electron chi connectivity index (χ0n) is 24.2. The van der Waals surface area contributed by atoms with Crippen molar-refractivity contribution in [2.75, 3.05) is 32.8 Å². The van der Waals surface area contributed by atoms with Crippen LogP contribution in [0.15, 0.2) is 34.7 Å². The lowest BCUT2D eigenvalue weighted by Crippen LogP contribution is -2.46. The zero-order valence-corrected chi connectivity index (χ0v) is 24.2. The third-order valence-corrected chi connectivity index (χ3v) is 8.36. The molecule has 11 heteroatoms. The van der Waals surface area contributed by atoms with Gasteiger partial charge in [-0.25, -0.2) is 8.78 Å². The van der Waals surface area contributed by atoms with E-state index in [0.29, 0.717) is 18.9 Å². The molecule has 5 rings (SSSR count). The second-order valence-electron chi connectivity index (χ2n) is 11.1. The van der Waals surface area contributed by atoms with Crippen LogP contribution in [-0.2, 0) is 30.2 Å². The number of halogens is 2. The topological polar surface area (TPSA) is 103 Å². The molecule has 0 spiro atoms. The Kier molecular flexibility index (Phi) is 9.37. The highest BCUT2D eigenvalue weighted by Gasteiger charge is 2.38. The average Bonchev–Trinajstić information content (AvgIpc) is 3.59. The highest BCUT2D eigenvalue weighted by molar-refractivity contribution is 5.83. The van der Waals surface area contributed by atoms with Gasteiger partial charge in [0.1, 0.15) is 11.3 Å². The van der Waals surface area contributed by atoms with Crippen LogP contribution in [-0.4, -0.2) is 67.4 Å². The molecule has 9 nitrogen and oxygen atoms in total. The van der Waals surface area contributed by atoms with Crippen molar-refractivity contribution in [1.82, 2.24) is 9.88 Å². The van der Waals surface area contributed by atoms with Crippen LogP contribution in [0.1, 0.15) is 49.7 Å². The molecule has 1 aromatic heterocycles. The molecule has 0 bridgehead atoms. The van der Waals surface area contributed by atoms with E-state index in [1.807, 2.05) is 0 Å². The molecule has 0 radical (unpaired) electrons. The molecule has 1 amide bonds.